The molecule has 39 heavy (non-hydrogen) atoms. The molecular formula is C32H44O7. The van der Waals surface area contributed by atoms with Crippen molar-refractivity contribution in [1.82, 2.24) is 0 Å². The summed E-state index contributed by atoms with van der Waals surface area (Å²) in [6, 6.07) is 10.7. The van der Waals surface area contributed by atoms with E-state index in [0.717, 1.165) is 38.5 Å². The molecule has 3 saturated heterocycles. The van der Waals surface area contributed by atoms with Crippen LogP contribution in [0.3, 0.4) is 0 Å². The maximum absolute atomic E-state index is 12.2. The molecule has 4 fully saturated rings. The molecule has 1 saturated carbocycles. The normalized spacial score (nSPS) is 30.8. The van der Waals surface area contributed by atoms with Crippen LogP contribution in [0.1, 0.15) is 82.6 Å². The van der Waals surface area contributed by atoms with Gasteiger partial charge in [0, 0.05) is 19.3 Å². The number of hydrogen-bond acceptors (Lipinski definition) is 6. The molecule has 1 N–H and O–H groups in total. The zero-order valence-corrected chi connectivity index (χ0v) is 23.1. The number of aliphatic carboxylic acids is 1. The van der Waals surface area contributed by atoms with Gasteiger partial charge in [-0.3, -0.25) is 0 Å². The lowest BCUT2D eigenvalue weighted by atomic mass is 9.85. The van der Waals surface area contributed by atoms with Crippen LogP contribution in [-0.2, 0) is 34.9 Å². The number of allylic oxidation sites excluding steroid dienone is 1. The summed E-state index contributed by atoms with van der Waals surface area (Å²) in [5.74, 6) is 0.118. The highest BCUT2D eigenvalue weighted by Gasteiger charge is 2.45. The van der Waals surface area contributed by atoms with Crippen LogP contribution in [0.5, 0.6) is 0 Å². The van der Waals surface area contributed by atoms with Crippen LogP contribution in [0.15, 0.2) is 54.0 Å². The molecule has 3 aliphatic heterocycles. The highest BCUT2D eigenvalue weighted by molar-refractivity contribution is 5.84. The highest BCUT2D eigenvalue weighted by atomic mass is 16.7. The van der Waals surface area contributed by atoms with E-state index in [1.807, 2.05) is 0 Å². The van der Waals surface area contributed by atoms with E-state index in [-0.39, 0.29) is 18.0 Å². The van der Waals surface area contributed by atoms with Gasteiger partial charge in [-0.1, -0.05) is 55.3 Å². The SMILES string of the molecule is C=C1CC[C@H](CCCCCc2ccccc2)[C@H]1C[C@H]1OC1CC(OC1CCCO1)=C(OC1CCCO1)C(=O)O. The van der Waals surface area contributed by atoms with E-state index in [1.165, 1.54) is 43.2 Å². The Hall–Kier alpha value is -2.35. The first kappa shape index (κ1) is 28.2. The van der Waals surface area contributed by atoms with Crippen molar-refractivity contribution in [3.8, 4) is 0 Å². The van der Waals surface area contributed by atoms with Gasteiger partial charge in [0.25, 0.3) is 0 Å². The maximum Gasteiger partial charge on any atom is 0.374 e. The highest BCUT2D eigenvalue weighted by Crippen LogP contribution is 2.46. The number of rotatable bonds is 15. The number of carboxylic acids is 1. The lowest BCUT2D eigenvalue weighted by Gasteiger charge is -2.21. The smallest absolute Gasteiger partial charge is 0.374 e. The van der Waals surface area contributed by atoms with Crippen molar-refractivity contribution in [1.29, 1.82) is 0 Å². The summed E-state index contributed by atoms with van der Waals surface area (Å²) in [4.78, 5) is 12.2. The number of hydrogen-bond donors (Lipinski definition) is 1. The molecule has 0 aromatic heterocycles. The molecule has 0 bridgehead atoms. The van der Waals surface area contributed by atoms with Crippen LogP contribution in [-0.4, -0.2) is 49.1 Å². The molecular weight excluding hydrogens is 496 g/mol. The van der Waals surface area contributed by atoms with Gasteiger partial charge in [0.15, 0.2) is 18.3 Å². The van der Waals surface area contributed by atoms with Gasteiger partial charge in [0.2, 0.25) is 5.76 Å². The van der Waals surface area contributed by atoms with E-state index >= 15 is 0 Å². The predicted molar refractivity (Wildman–Crippen MR) is 147 cm³/mol. The first-order valence-corrected chi connectivity index (χ1v) is 15.0. The first-order valence-electron chi connectivity index (χ1n) is 15.0. The summed E-state index contributed by atoms with van der Waals surface area (Å²) >= 11 is 0. The molecule has 0 radical (unpaired) electrons. The number of benzene rings is 1. The molecule has 214 valence electrons. The van der Waals surface area contributed by atoms with Crippen molar-refractivity contribution in [3.63, 3.8) is 0 Å². The van der Waals surface area contributed by atoms with Crippen molar-refractivity contribution in [2.45, 2.75) is 108 Å². The number of carbonyl (C=O) groups is 1. The summed E-state index contributed by atoms with van der Waals surface area (Å²) in [6.45, 7) is 5.59. The van der Waals surface area contributed by atoms with Crippen LogP contribution in [0, 0.1) is 11.8 Å². The average Bonchev–Trinajstić information content (AvgIpc) is 3.34. The van der Waals surface area contributed by atoms with Crippen molar-refractivity contribution in [3.05, 3.63) is 59.6 Å². The average molecular weight is 541 g/mol. The minimum atomic E-state index is -1.15. The number of epoxide rings is 1. The van der Waals surface area contributed by atoms with E-state index in [0.29, 0.717) is 43.7 Å². The van der Waals surface area contributed by atoms with Crippen molar-refractivity contribution in [2.24, 2.45) is 11.8 Å². The number of unbranched alkanes of at least 4 members (excludes halogenated alkanes) is 2. The lowest BCUT2D eigenvalue weighted by Crippen LogP contribution is -2.21. The number of aryl methyl sites for hydroxylation is 1. The zero-order valence-electron chi connectivity index (χ0n) is 23.1. The molecule has 0 amide bonds. The van der Waals surface area contributed by atoms with Gasteiger partial charge < -0.3 is 28.8 Å². The van der Waals surface area contributed by atoms with E-state index in [1.54, 1.807) is 0 Å². The molecule has 3 unspecified atom stereocenters. The van der Waals surface area contributed by atoms with Gasteiger partial charge >= 0.3 is 5.97 Å². The Bertz CT molecular complexity index is 977. The van der Waals surface area contributed by atoms with Gasteiger partial charge in [0.1, 0.15) is 0 Å². The fourth-order valence-electron chi connectivity index (χ4n) is 6.35. The molecule has 6 atom stereocenters. The van der Waals surface area contributed by atoms with Gasteiger partial charge in [-0.25, -0.2) is 4.79 Å². The molecule has 7 nitrogen and oxygen atoms in total. The van der Waals surface area contributed by atoms with E-state index < -0.39 is 18.5 Å². The predicted octanol–water partition coefficient (Wildman–Crippen LogP) is 6.52. The van der Waals surface area contributed by atoms with Crippen LogP contribution in [0.2, 0.25) is 0 Å². The number of carboxylic acid groups (broad SMARTS) is 1. The Balaban J connectivity index is 1.13. The third-order valence-electron chi connectivity index (χ3n) is 8.62. The lowest BCUT2D eigenvalue weighted by molar-refractivity contribution is -0.149. The van der Waals surface area contributed by atoms with Gasteiger partial charge in [-0.2, -0.15) is 0 Å². The quantitative estimate of drug-likeness (QED) is 0.0891. The monoisotopic (exact) mass is 540 g/mol. The van der Waals surface area contributed by atoms with Gasteiger partial charge in [0.05, 0.1) is 25.4 Å². The third-order valence-corrected chi connectivity index (χ3v) is 8.62. The van der Waals surface area contributed by atoms with Crippen LogP contribution in [0.25, 0.3) is 0 Å². The molecule has 4 aliphatic rings. The molecule has 1 aliphatic carbocycles. The third kappa shape index (κ3) is 8.09. The molecule has 1 aromatic rings. The largest absolute Gasteiger partial charge is 0.475 e. The van der Waals surface area contributed by atoms with E-state index in [9.17, 15) is 9.90 Å². The van der Waals surface area contributed by atoms with Crippen molar-refractivity contribution < 1.29 is 33.6 Å². The number of ether oxygens (including phenoxy) is 5. The van der Waals surface area contributed by atoms with Crippen molar-refractivity contribution in [2.75, 3.05) is 13.2 Å². The topological polar surface area (TPSA) is 86.8 Å². The van der Waals surface area contributed by atoms with Gasteiger partial charge in [-0.05, 0) is 68.8 Å². The Kier molecular flexibility index (Phi) is 9.99. The standard InChI is InChI=1S/C32H44O7/c1-22-16-17-24(13-7-3-6-12-23-10-4-2-5-11-23)25(22)20-26-27(37-26)21-28(38-29-14-8-18-35-29)31(32(33)34)39-30-15-9-19-36-30/h2,4-5,10-11,24-27,29-30H,1,3,6-9,12-21H2,(H,33,34)/t24-,25-,26+,27?,29?,30?/m0/s1. The molecule has 0 spiro atoms. The minimum Gasteiger partial charge on any atom is -0.475 e. The van der Waals surface area contributed by atoms with Crippen LogP contribution < -0.4 is 0 Å². The zero-order chi connectivity index (χ0) is 27.0. The molecule has 3 heterocycles. The van der Waals surface area contributed by atoms with Gasteiger partial charge in [-0.15, -0.1) is 0 Å². The second kappa shape index (κ2) is 13.8. The molecule has 7 heteroatoms. The molecule has 1 aromatic carbocycles. The van der Waals surface area contributed by atoms with E-state index in [4.69, 9.17) is 23.7 Å². The fourth-order valence-corrected chi connectivity index (χ4v) is 6.35. The minimum absolute atomic E-state index is 0.0798. The summed E-state index contributed by atoms with van der Waals surface area (Å²) in [5, 5.41) is 9.95. The Labute approximate surface area is 232 Å². The van der Waals surface area contributed by atoms with E-state index in [2.05, 4.69) is 36.9 Å². The Morgan fingerprint density at radius 2 is 1.69 bits per heavy atom. The summed E-state index contributed by atoms with van der Waals surface area (Å²) < 4.78 is 29.1. The Morgan fingerprint density at radius 3 is 2.38 bits per heavy atom. The summed E-state index contributed by atoms with van der Waals surface area (Å²) in [6.07, 6.45) is 11.9. The fraction of sp³-hybridized carbons (Fsp3) is 0.656. The maximum atomic E-state index is 12.2. The van der Waals surface area contributed by atoms with Crippen LogP contribution in [0.4, 0.5) is 0 Å². The molecule has 5 rings (SSSR count). The second-order valence-electron chi connectivity index (χ2n) is 11.5. The van der Waals surface area contributed by atoms with Crippen LogP contribution >= 0.6 is 0 Å². The summed E-state index contributed by atoms with van der Waals surface area (Å²) in [5.41, 5.74) is 2.77. The van der Waals surface area contributed by atoms with Crippen molar-refractivity contribution >= 4 is 5.97 Å². The second-order valence-corrected chi connectivity index (χ2v) is 11.5. The summed E-state index contributed by atoms with van der Waals surface area (Å²) in [7, 11) is 0. The first-order chi connectivity index (χ1) is 19.1. The Morgan fingerprint density at radius 1 is 0.949 bits per heavy atom.